The van der Waals surface area contributed by atoms with E-state index in [0.717, 1.165) is 19.3 Å². The van der Waals surface area contributed by atoms with E-state index in [9.17, 15) is 5.11 Å². The molecule has 1 aliphatic carbocycles. The van der Waals surface area contributed by atoms with Gasteiger partial charge in [-0.15, -0.1) is 6.58 Å². The molecule has 2 aliphatic rings. The lowest BCUT2D eigenvalue weighted by molar-refractivity contribution is 0.0995. The predicted octanol–water partition coefficient (Wildman–Crippen LogP) is 4.66. The van der Waals surface area contributed by atoms with E-state index in [0.29, 0.717) is 11.8 Å². The lowest BCUT2D eigenvalue weighted by atomic mass is 9.60. The number of epoxide rings is 1. The fourth-order valence-electron chi connectivity index (χ4n) is 3.98. The van der Waals surface area contributed by atoms with Crippen molar-refractivity contribution in [1.29, 1.82) is 0 Å². The van der Waals surface area contributed by atoms with Crippen molar-refractivity contribution < 1.29 is 9.84 Å². The van der Waals surface area contributed by atoms with Gasteiger partial charge in [0.1, 0.15) is 6.10 Å². The molecule has 22 heavy (non-hydrogen) atoms. The third kappa shape index (κ3) is 3.38. The molecule has 0 aromatic carbocycles. The highest BCUT2D eigenvalue weighted by molar-refractivity contribution is 5.20. The average molecular weight is 304 g/mol. The van der Waals surface area contributed by atoms with Gasteiger partial charge in [-0.25, -0.2) is 0 Å². The summed E-state index contributed by atoms with van der Waals surface area (Å²) in [5.74, 6) is 1.02. The first kappa shape index (κ1) is 17.5. The van der Waals surface area contributed by atoms with Gasteiger partial charge in [0.05, 0.1) is 11.2 Å². The van der Waals surface area contributed by atoms with Gasteiger partial charge in [-0.05, 0) is 64.2 Å². The Balaban J connectivity index is 2.08. The summed E-state index contributed by atoms with van der Waals surface area (Å²) in [6.07, 6.45) is 9.52. The molecule has 1 saturated heterocycles. The molecule has 0 spiro atoms. The van der Waals surface area contributed by atoms with Gasteiger partial charge < -0.3 is 9.84 Å². The molecule has 5 atom stereocenters. The maximum atomic E-state index is 9.83. The van der Waals surface area contributed by atoms with Gasteiger partial charge in [-0.1, -0.05) is 37.3 Å². The van der Waals surface area contributed by atoms with Gasteiger partial charge in [0.25, 0.3) is 0 Å². The highest BCUT2D eigenvalue weighted by atomic mass is 16.6. The lowest BCUT2D eigenvalue weighted by Crippen LogP contribution is -2.38. The van der Waals surface area contributed by atoms with Crippen LogP contribution < -0.4 is 0 Å². The molecule has 2 rings (SSSR count). The molecule has 1 aliphatic heterocycles. The molecule has 1 heterocycles. The van der Waals surface area contributed by atoms with E-state index >= 15 is 0 Å². The quantitative estimate of drug-likeness (QED) is 0.592. The number of hydrogen-bond acceptors (Lipinski definition) is 2. The molecule has 0 amide bonds. The highest BCUT2D eigenvalue weighted by Crippen LogP contribution is 2.55. The summed E-state index contributed by atoms with van der Waals surface area (Å²) in [5.41, 5.74) is 0.547. The van der Waals surface area contributed by atoms with Gasteiger partial charge >= 0.3 is 0 Å². The lowest BCUT2D eigenvalue weighted by Gasteiger charge is -2.44. The van der Waals surface area contributed by atoms with Crippen LogP contribution >= 0.6 is 0 Å². The van der Waals surface area contributed by atoms with Crippen LogP contribution in [0.1, 0.15) is 53.9 Å². The Kier molecular flexibility index (Phi) is 4.49. The maximum Gasteiger partial charge on any atom is 0.106 e. The molecule has 1 N–H and O–H groups in total. The van der Waals surface area contributed by atoms with Crippen molar-refractivity contribution in [2.24, 2.45) is 17.3 Å². The maximum absolute atomic E-state index is 9.83. The second-order valence-corrected chi connectivity index (χ2v) is 8.32. The second kappa shape index (κ2) is 5.65. The molecular weight excluding hydrogens is 272 g/mol. The highest BCUT2D eigenvalue weighted by Gasteiger charge is 2.58. The van der Waals surface area contributed by atoms with Gasteiger partial charge in [0, 0.05) is 0 Å². The topological polar surface area (TPSA) is 32.8 Å². The van der Waals surface area contributed by atoms with E-state index in [-0.39, 0.29) is 17.1 Å². The smallest absolute Gasteiger partial charge is 0.106 e. The molecule has 3 unspecified atom stereocenters. The summed E-state index contributed by atoms with van der Waals surface area (Å²) in [5, 5.41) is 9.83. The van der Waals surface area contributed by atoms with Crippen molar-refractivity contribution in [3.8, 4) is 0 Å². The number of rotatable bonds is 5. The average Bonchev–Trinajstić information content (AvgIpc) is 3.08. The Morgan fingerprint density at radius 3 is 2.50 bits per heavy atom. The first-order valence-corrected chi connectivity index (χ1v) is 8.40. The third-order valence-corrected chi connectivity index (χ3v) is 5.79. The zero-order valence-corrected chi connectivity index (χ0v) is 14.9. The van der Waals surface area contributed by atoms with Crippen molar-refractivity contribution in [1.82, 2.24) is 0 Å². The molecule has 2 heteroatoms. The molecule has 0 aromatic heterocycles. The molecule has 0 bridgehead atoms. The van der Waals surface area contributed by atoms with E-state index < -0.39 is 5.60 Å². The first-order chi connectivity index (χ1) is 10.0. The van der Waals surface area contributed by atoms with Crippen LogP contribution in [0.25, 0.3) is 0 Å². The minimum atomic E-state index is -0.777. The number of allylic oxidation sites excluding steroid dienone is 2. The number of hydrogen-bond donors (Lipinski definition) is 1. The molecule has 2 fully saturated rings. The zero-order chi connectivity index (χ0) is 16.8. The third-order valence-electron chi connectivity index (χ3n) is 5.79. The van der Waals surface area contributed by atoms with Gasteiger partial charge in [0.2, 0.25) is 0 Å². The van der Waals surface area contributed by atoms with Gasteiger partial charge in [-0.3, -0.25) is 0 Å². The van der Waals surface area contributed by atoms with Crippen LogP contribution in [0.3, 0.4) is 0 Å². The summed E-state index contributed by atoms with van der Waals surface area (Å²) in [6, 6.07) is 0. The van der Waals surface area contributed by atoms with E-state index in [1.165, 1.54) is 5.57 Å². The Labute approximate surface area is 136 Å². The fraction of sp³-hybridized carbons (Fsp3) is 0.700. The van der Waals surface area contributed by atoms with Crippen molar-refractivity contribution >= 4 is 0 Å². The first-order valence-electron chi connectivity index (χ1n) is 8.40. The summed E-state index contributed by atoms with van der Waals surface area (Å²) >= 11 is 0. The van der Waals surface area contributed by atoms with Crippen LogP contribution in [-0.4, -0.2) is 22.4 Å². The Hall–Kier alpha value is -0.860. The summed E-state index contributed by atoms with van der Waals surface area (Å²) < 4.78 is 6.02. The van der Waals surface area contributed by atoms with Crippen LogP contribution in [0.2, 0.25) is 0 Å². The fourth-order valence-corrected chi connectivity index (χ4v) is 3.98. The minimum absolute atomic E-state index is 0.0854. The normalized spacial score (nSPS) is 42.4. The second-order valence-electron chi connectivity index (χ2n) is 8.32. The van der Waals surface area contributed by atoms with Crippen molar-refractivity contribution in [3.63, 3.8) is 0 Å². The monoisotopic (exact) mass is 304 g/mol. The predicted molar refractivity (Wildman–Crippen MR) is 92.7 cm³/mol. The summed E-state index contributed by atoms with van der Waals surface area (Å²) in [4.78, 5) is 0. The van der Waals surface area contributed by atoms with E-state index in [1.54, 1.807) is 13.8 Å². The summed E-state index contributed by atoms with van der Waals surface area (Å²) in [6.45, 7) is 18.5. The standard InChI is InChI=1S/C20H32O2/c1-8-19(6)12-9-15(13-16(19)14(2)3)20(7)17(22-20)10-11-18(4,5)21/h8,10-11,15-17,21H,1-2,9,12-13H2,3-7H3/b11-10+/t15?,16?,17?,19-,20-/m0/s1. The Morgan fingerprint density at radius 2 is 2.00 bits per heavy atom. The van der Waals surface area contributed by atoms with Gasteiger partial charge in [0.15, 0.2) is 0 Å². The van der Waals surface area contributed by atoms with Crippen molar-refractivity contribution in [2.45, 2.75) is 71.2 Å². The Morgan fingerprint density at radius 1 is 1.36 bits per heavy atom. The minimum Gasteiger partial charge on any atom is -0.386 e. The molecule has 0 radical (unpaired) electrons. The van der Waals surface area contributed by atoms with Crippen molar-refractivity contribution in [2.75, 3.05) is 0 Å². The molecular formula is C20H32O2. The molecule has 0 aromatic rings. The number of ether oxygens (including phenoxy) is 1. The summed E-state index contributed by atoms with van der Waals surface area (Å²) in [7, 11) is 0. The largest absolute Gasteiger partial charge is 0.386 e. The molecule has 1 saturated carbocycles. The van der Waals surface area contributed by atoms with Gasteiger partial charge in [-0.2, -0.15) is 0 Å². The van der Waals surface area contributed by atoms with Crippen LogP contribution in [0.4, 0.5) is 0 Å². The van der Waals surface area contributed by atoms with Crippen LogP contribution in [-0.2, 0) is 4.74 Å². The number of aliphatic hydroxyl groups is 1. The van der Waals surface area contributed by atoms with E-state index in [2.05, 4.69) is 40.0 Å². The Bertz CT molecular complexity index is 484. The molecule has 2 nitrogen and oxygen atoms in total. The van der Waals surface area contributed by atoms with Crippen LogP contribution in [0.5, 0.6) is 0 Å². The zero-order valence-electron chi connectivity index (χ0n) is 14.9. The van der Waals surface area contributed by atoms with E-state index in [4.69, 9.17) is 4.74 Å². The van der Waals surface area contributed by atoms with Crippen LogP contribution in [0.15, 0.2) is 37.0 Å². The van der Waals surface area contributed by atoms with Crippen LogP contribution in [0, 0.1) is 17.3 Å². The molecule has 124 valence electrons. The van der Waals surface area contributed by atoms with Crippen molar-refractivity contribution in [3.05, 3.63) is 37.0 Å². The van der Waals surface area contributed by atoms with E-state index in [1.807, 2.05) is 12.2 Å². The SMILES string of the molecule is C=C[C@@]1(C)CCC([C@]2(C)OC2/C=C/C(C)(C)O)CC1C(=C)C.